The number of hydrogen-bond acceptors (Lipinski definition) is 2. The van der Waals surface area contributed by atoms with Crippen LogP contribution in [0.15, 0.2) is 0 Å². The molecule has 0 unspecified atom stereocenters. The Morgan fingerprint density at radius 2 is 2.33 bits per heavy atom. The molecule has 1 N–H and O–H groups in total. The molecule has 2 nitrogen and oxygen atoms in total. The molecule has 0 bridgehead atoms. The van der Waals surface area contributed by atoms with Crippen LogP contribution in [0.5, 0.6) is 0 Å². The van der Waals surface area contributed by atoms with E-state index in [-0.39, 0.29) is 44.0 Å². The van der Waals surface area contributed by atoms with Gasteiger partial charge in [-0.2, -0.15) is 0 Å². The van der Waals surface area contributed by atoms with Crippen molar-refractivity contribution in [1.82, 2.24) is 0 Å². The minimum atomic E-state index is -0.0243. The second kappa shape index (κ2) is 9.16. The van der Waals surface area contributed by atoms with Gasteiger partial charge in [0.15, 0.2) is 0 Å². The summed E-state index contributed by atoms with van der Waals surface area (Å²) in [4.78, 5) is 9.24. The molecule has 0 aliphatic carbocycles. The molecule has 0 aromatic rings. The Morgan fingerprint density at radius 1 is 1.83 bits per heavy atom. The summed E-state index contributed by atoms with van der Waals surface area (Å²) >= 11 is 0. The van der Waals surface area contributed by atoms with E-state index in [1.165, 1.54) is 0 Å². The van der Waals surface area contributed by atoms with E-state index in [2.05, 4.69) is 0 Å². The third-order valence-corrected chi connectivity index (χ3v) is 0.247. The molecule has 0 amide bonds. The van der Waals surface area contributed by atoms with Gasteiger partial charge in [-0.05, 0) is 0 Å². The molecule has 0 aromatic heterocycles. The van der Waals surface area contributed by atoms with Crippen molar-refractivity contribution in [2.45, 2.75) is 6.42 Å². The van der Waals surface area contributed by atoms with Gasteiger partial charge < -0.3 is 11.3 Å². The topological polar surface area (TPSA) is 37.3 Å². The van der Waals surface area contributed by atoms with Crippen molar-refractivity contribution in [3.63, 3.8) is 0 Å². The summed E-state index contributed by atoms with van der Waals surface area (Å²) < 4.78 is 0. The third-order valence-electron chi connectivity index (χ3n) is 0.247. The van der Waals surface area contributed by atoms with E-state index in [1.54, 1.807) is 0 Å². The first-order chi connectivity index (χ1) is 2.41. The minimum absolute atomic E-state index is 0. The van der Waals surface area contributed by atoms with Gasteiger partial charge in [0.05, 0.1) is 0 Å². The van der Waals surface area contributed by atoms with E-state index >= 15 is 0 Å². The summed E-state index contributed by atoms with van der Waals surface area (Å²) in [5.74, 6) is 0. The number of aliphatic hydroxyl groups is 1. The Hall–Kier alpha value is 0.630. The number of aldehydes is 1. The number of carbonyl (C=O) groups is 1. The van der Waals surface area contributed by atoms with Crippen LogP contribution < -0.4 is 29.6 Å². The quantitative estimate of drug-likeness (QED) is 0.290. The summed E-state index contributed by atoms with van der Waals surface area (Å²) in [5, 5.41) is 7.84. The molecular weight excluding hydrogens is 91.0 g/mol. The van der Waals surface area contributed by atoms with Gasteiger partial charge in [-0.15, -0.1) is 0 Å². The Kier molecular flexibility index (Phi) is 15.0. The summed E-state index contributed by atoms with van der Waals surface area (Å²) in [7, 11) is 0. The van der Waals surface area contributed by atoms with Crippen molar-refractivity contribution in [3.8, 4) is 0 Å². The fourth-order valence-electron chi connectivity index (χ4n) is 0.0527. The zero-order valence-electron chi connectivity index (χ0n) is 4.85. The second-order valence-electron chi connectivity index (χ2n) is 0.679. The van der Waals surface area contributed by atoms with Crippen molar-refractivity contribution in [2.24, 2.45) is 0 Å². The van der Waals surface area contributed by atoms with Crippen LogP contribution in [0.1, 0.15) is 7.85 Å². The van der Waals surface area contributed by atoms with Crippen LogP contribution in [-0.4, -0.2) is 18.0 Å². The molecule has 6 heavy (non-hydrogen) atoms. The Morgan fingerprint density at radius 3 is 2.33 bits per heavy atom. The standard InChI is InChI=1S/C3H6O2.Na.H/c4-2-1-3-5;;/h2,5H,1,3H2;;/q;+1;-1. The minimum Gasteiger partial charge on any atom is -1.00 e. The van der Waals surface area contributed by atoms with Gasteiger partial charge in [0, 0.05) is 13.0 Å². The monoisotopic (exact) mass is 98.0 g/mol. The number of rotatable bonds is 2. The molecule has 0 fully saturated rings. The smallest absolute Gasteiger partial charge is 1.00 e. The summed E-state index contributed by atoms with van der Waals surface area (Å²) in [6.45, 7) is -0.0243. The van der Waals surface area contributed by atoms with Gasteiger partial charge >= 0.3 is 29.6 Å². The van der Waals surface area contributed by atoms with Gasteiger partial charge in [-0.3, -0.25) is 0 Å². The molecule has 3 heteroatoms. The van der Waals surface area contributed by atoms with Crippen molar-refractivity contribution >= 4 is 6.29 Å². The first-order valence-corrected chi connectivity index (χ1v) is 1.46. The molecule has 0 rings (SSSR count). The van der Waals surface area contributed by atoms with E-state index in [1.807, 2.05) is 0 Å². The molecule has 0 atom stereocenters. The predicted molar refractivity (Wildman–Crippen MR) is 18.9 cm³/mol. The van der Waals surface area contributed by atoms with Crippen LogP contribution in [0.25, 0.3) is 0 Å². The molecule has 0 heterocycles. The zero-order valence-corrected chi connectivity index (χ0v) is 5.85. The largest absolute Gasteiger partial charge is 1.00 e. The molecule has 32 valence electrons. The van der Waals surface area contributed by atoms with Gasteiger partial charge in [0.1, 0.15) is 6.29 Å². The molecule has 0 aromatic carbocycles. The normalized spacial score (nSPS) is 6.17. The van der Waals surface area contributed by atoms with Crippen LogP contribution in [0.4, 0.5) is 0 Å². The maximum atomic E-state index is 9.24. The molecule has 0 saturated heterocycles. The van der Waals surface area contributed by atoms with E-state index in [0.717, 1.165) is 0 Å². The van der Waals surface area contributed by atoms with Crippen LogP contribution in [0.3, 0.4) is 0 Å². The van der Waals surface area contributed by atoms with Crippen molar-refractivity contribution in [2.75, 3.05) is 6.61 Å². The second-order valence-corrected chi connectivity index (χ2v) is 0.679. The van der Waals surface area contributed by atoms with E-state index in [4.69, 9.17) is 5.11 Å². The molecule has 0 radical (unpaired) electrons. The maximum absolute atomic E-state index is 9.24. The number of hydrogen-bond donors (Lipinski definition) is 1. The molecule has 0 aliphatic heterocycles. The first kappa shape index (κ1) is 9.80. The third kappa shape index (κ3) is 8.82. The molecule has 0 aliphatic rings. The molecule has 0 saturated carbocycles. The van der Waals surface area contributed by atoms with Crippen molar-refractivity contribution < 1.29 is 40.9 Å². The predicted octanol–water partition coefficient (Wildman–Crippen LogP) is -3.32. The Balaban J connectivity index is -0.0000000800. The Labute approximate surface area is 60.3 Å². The SMILES string of the molecule is O=CCCO.[H-].[Na+]. The van der Waals surface area contributed by atoms with E-state index < -0.39 is 0 Å². The average molecular weight is 98.1 g/mol. The van der Waals surface area contributed by atoms with Crippen LogP contribution in [0.2, 0.25) is 0 Å². The van der Waals surface area contributed by atoms with E-state index in [0.29, 0.717) is 6.29 Å². The van der Waals surface area contributed by atoms with Gasteiger partial charge in [-0.1, -0.05) is 0 Å². The van der Waals surface area contributed by atoms with Gasteiger partial charge in [-0.25, -0.2) is 0 Å². The first-order valence-electron chi connectivity index (χ1n) is 1.46. The molecule has 0 spiro atoms. The summed E-state index contributed by atoms with van der Waals surface area (Å²) in [6.07, 6.45) is 0.944. The zero-order chi connectivity index (χ0) is 4.12. The fourth-order valence-corrected chi connectivity index (χ4v) is 0.0527. The van der Waals surface area contributed by atoms with Gasteiger partial charge in [0.25, 0.3) is 0 Å². The Bertz CT molecular complexity index is 34.1. The number of aliphatic hydroxyl groups excluding tert-OH is 1. The summed E-state index contributed by atoms with van der Waals surface area (Å²) in [5.41, 5.74) is 0. The summed E-state index contributed by atoms with van der Waals surface area (Å²) in [6, 6.07) is 0. The van der Waals surface area contributed by atoms with Crippen molar-refractivity contribution in [3.05, 3.63) is 0 Å². The van der Waals surface area contributed by atoms with Gasteiger partial charge in [0.2, 0.25) is 0 Å². The average Bonchev–Trinajstić information content (AvgIpc) is 1.41. The molecular formula is C3H7NaO2. The maximum Gasteiger partial charge on any atom is 1.00 e. The number of carbonyl (C=O) groups excluding carboxylic acids is 1. The van der Waals surface area contributed by atoms with Crippen molar-refractivity contribution in [1.29, 1.82) is 0 Å². The van der Waals surface area contributed by atoms with Crippen LogP contribution in [0, 0.1) is 0 Å². The van der Waals surface area contributed by atoms with E-state index in [9.17, 15) is 4.79 Å². The van der Waals surface area contributed by atoms with Crippen LogP contribution in [-0.2, 0) is 4.79 Å². The van der Waals surface area contributed by atoms with Crippen LogP contribution >= 0.6 is 0 Å². The fraction of sp³-hybridized carbons (Fsp3) is 0.667.